The van der Waals surface area contributed by atoms with Crippen molar-refractivity contribution in [3.05, 3.63) is 45.9 Å². The van der Waals surface area contributed by atoms with Crippen LogP contribution in [-0.2, 0) is 16.1 Å². The van der Waals surface area contributed by atoms with E-state index < -0.39 is 5.97 Å². The summed E-state index contributed by atoms with van der Waals surface area (Å²) in [5, 5.41) is 0. The van der Waals surface area contributed by atoms with E-state index in [9.17, 15) is 9.59 Å². The third-order valence-electron chi connectivity index (χ3n) is 4.52. The van der Waals surface area contributed by atoms with Gasteiger partial charge in [-0.15, -0.1) is 0 Å². The van der Waals surface area contributed by atoms with Gasteiger partial charge < -0.3 is 23.7 Å². The number of hydrogen-bond donors (Lipinski definition) is 0. The number of carbonyl (C=O) groups excluding carboxylic acids is 2. The molecule has 0 amide bonds. The molecule has 0 saturated heterocycles. The maximum absolute atomic E-state index is 12.4. The second-order valence-electron chi connectivity index (χ2n) is 6.53. The third-order valence-corrected chi connectivity index (χ3v) is 5.26. The normalized spacial score (nSPS) is 14.2. The van der Waals surface area contributed by atoms with E-state index in [1.165, 1.54) is 0 Å². The first-order valence-electron chi connectivity index (χ1n) is 9.26. The molecule has 2 aromatic carbocycles. The van der Waals surface area contributed by atoms with E-state index in [0.29, 0.717) is 55.0 Å². The fourth-order valence-corrected chi connectivity index (χ4v) is 3.46. The summed E-state index contributed by atoms with van der Waals surface area (Å²) >= 11 is 3.45. The Morgan fingerprint density at radius 3 is 2.17 bits per heavy atom. The van der Waals surface area contributed by atoms with Crippen molar-refractivity contribution in [1.29, 1.82) is 0 Å². The summed E-state index contributed by atoms with van der Waals surface area (Å²) in [5.74, 6) is 1.85. The molecule has 8 heteroatoms. The highest BCUT2D eigenvalue weighted by molar-refractivity contribution is 9.10. The zero-order valence-corrected chi connectivity index (χ0v) is 17.2. The van der Waals surface area contributed by atoms with Crippen LogP contribution in [0.25, 0.3) is 0 Å². The number of rotatable bonds is 6. The van der Waals surface area contributed by atoms with Crippen molar-refractivity contribution in [3.63, 3.8) is 0 Å². The molecule has 0 saturated carbocycles. The molecule has 152 valence electrons. The van der Waals surface area contributed by atoms with Crippen LogP contribution in [0.5, 0.6) is 23.0 Å². The number of benzene rings is 2. The number of ether oxygens (including phenoxy) is 5. The van der Waals surface area contributed by atoms with Crippen molar-refractivity contribution in [2.75, 3.05) is 26.4 Å². The Kier molecular flexibility index (Phi) is 5.89. The van der Waals surface area contributed by atoms with Gasteiger partial charge in [0.1, 0.15) is 33.0 Å². The molecule has 0 radical (unpaired) electrons. The lowest BCUT2D eigenvalue weighted by molar-refractivity contribution is -0.144. The van der Waals surface area contributed by atoms with Gasteiger partial charge in [-0.05, 0) is 30.3 Å². The van der Waals surface area contributed by atoms with Crippen molar-refractivity contribution in [2.24, 2.45) is 0 Å². The van der Waals surface area contributed by atoms with E-state index in [-0.39, 0.29) is 25.2 Å². The minimum absolute atomic E-state index is 0.00452. The maximum atomic E-state index is 12.4. The predicted molar refractivity (Wildman–Crippen MR) is 106 cm³/mol. The Morgan fingerprint density at radius 2 is 1.45 bits per heavy atom. The number of carbonyl (C=O) groups is 2. The molecule has 0 fully saturated rings. The van der Waals surface area contributed by atoms with Gasteiger partial charge >= 0.3 is 5.97 Å². The van der Waals surface area contributed by atoms with Crippen LogP contribution in [0.3, 0.4) is 0 Å². The molecule has 2 aliphatic rings. The van der Waals surface area contributed by atoms with Crippen molar-refractivity contribution in [1.82, 2.24) is 0 Å². The number of halogens is 1. The molecular weight excluding hydrogens is 444 g/mol. The smallest absolute Gasteiger partial charge is 0.306 e. The minimum Gasteiger partial charge on any atom is -0.486 e. The zero-order chi connectivity index (χ0) is 20.2. The summed E-state index contributed by atoms with van der Waals surface area (Å²) in [6.07, 6.45) is 0.0518. The maximum Gasteiger partial charge on any atom is 0.306 e. The van der Waals surface area contributed by atoms with Crippen LogP contribution in [0, 0.1) is 0 Å². The van der Waals surface area contributed by atoms with E-state index in [0.717, 1.165) is 10.0 Å². The average Bonchev–Trinajstić information content (AvgIpc) is 2.75. The number of ketones is 1. The zero-order valence-electron chi connectivity index (χ0n) is 15.6. The molecule has 0 aromatic heterocycles. The van der Waals surface area contributed by atoms with Gasteiger partial charge in [-0.3, -0.25) is 9.59 Å². The molecule has 2 aromatic rings. The lowest BCUT2D eigenvalue weighted by atomic mass is 10.1. The molecule has 4 rings (SSSR count). The summed E-state index contributed by atoms with van der Waals surface area (Å²) in [4.78, 5) is 24.5. The lowest BCUT2D eigenvalue weighted by Gasteiger charge is -2.20. The van der Waals surface area contributed by atoms with Crippen molar-refractivity contribution < 1.29 is 33.3 Å². The standard InChI is InChI=1S/C21H19BrO7/c22-15-11-20-19(27-7-8-28-20)10-14(15)12-29-21(24)4-2-16(23)13-1-3-17-18(9-13)26-6-5-25-17/h1,3,9-11H,2,4-8,12H2. The number of Topliss-reactive ketones (excluding diaryl/α,β-unsaturated/α-hetero) is 1. The van der Waals surface area contributed by atoms with Gasteiger partial charge in [-0.1, -0.05) is 15.9 Å². The number of hydrogen-bond acceptors (Lipinski definition) is 7. The predicted octanol–water partition coefficient (Wildman–Crippen LogP) is 3.70. The Balaban J connectivity index is 1.30. The minimum atomic E-state index is -0.447. The third kappa shape index (κ3) is 4.64. The van der Waals surface area contributed by atoms with Crippen LogP contribution in [-0.4, -0.2) is 38.2 Å². The molecule has 0 aliphatic carbocycles. The summed E-state index contributed by atoms with van der Waals surface area (Å²) in [5.41, 5.74) is 1.25. The topological polar surface area (TPSA) is 80.3 Å². The molecule has 0 N–H and O–H groups in total. The molecular formula is C21H19BrO7. The highest BCUT2D eigenvalue weighted by atomic mass is 79.9. The highest BCUT2D eigenvalue weighted by Gasteiger charge is 2.18. The molecule has 0 spiro atoms. The molecule has 29 heavy (non-hydrogen) atoms. The van der Waals surface area contributed by atoms with Crippen LogP contribution < -0.4 is 18.9 Å². The van der Waals surface area contributed by atoms with Crippen molar-refractivity contribution >= 4 is 27.7 Å². The summed E-state index contributed by atoms with van der Waals surface area (Å²) < 4.78 is 28.1. The van der Waals surface area contributed by atoms with Gasteiger partial charge in [0.15, 0.2) is 28.8 Å². The van der Waals surface area contributed by atoms with Crippen LogP contribution >= 0.6 is 15.9 Å². The first kappa shape index (κ1) is 19.6. The lowest BCUT2D eigenvalue weighted by Crippen LogP contribution is -2.16. The van der Waals surface area contributed by atoms with Crippen molar-refractivity contribution in [3.8, 4) is 23.0 Å². The molecule has 7 nitrogen and oxygen atoms in total. The van der Waals surface area contributed by atoms with Gasteiger partial charge in [-0.2, -0.15) is 0 Å². The SMILES string of the molecule is O=C(CCC(=O)c1ccc2c(c1)OCCO2)OCc1cc2c(cc1Br)OCCO2. The first-order valence-corrected chi connectivity index (χ1v) is 10.1. The number of fused-ring (bicyclic) bond motifs is 2. The largest absolute Gasteiger partial charge is 0.486 e. The molecule has 0 atom stereocenters. The van der Waals surface area contributed by atoms with Gasteiger partial charge in [0.05, 0.1) is 6.42 Å². The van der Waals surface area contributed by atoms with E-state index in [1.807, 2.05) is 0 Å². The van der Waals surface area contributed by atoms with Gasteiger partial charge in [0.2, 0.25) is 0 Å². The van der Waals surface area contributed by atoms with Gasteiger partial charge in [0.25, 0.3) is 0 Å². The van der Waals surface area contributed by atoms with Gasteiger partial charge in [-0.25, -0.2) is 0 Å². The second kappa shape index (κ2) is 8.73. The Hall–Kier alpha value is -2.74. The second-order valence-corrected chi connectivity index (χ2v) is 7.38. The first-order chi connectivity index (χ1) is 14.1. The molecule has 0 bridgehead atoms. The molecule has 0 unspecified atom stereocenters. The quantitative estimate of drug-likeness (QED) is 0.478. The Bertz CT molecular complexity index is 941. The molecule has 2 heterocycles. The fraction of sp³-hybridized carbons (Fsp3) is 0.333. The van der Waals surface area contributed by atoms with Crippen LogP contribution in [0.4, 0.5) is 0 Å². The van der Waals surface area contributed by atoms with Crippen LogP contribution in [0.1, 0.15) is 28.8 Å². The molecule has 2 aliphatic heterocycles. The Morgan fingerprint density at radius 1 is 0.828 bits per heavy atom. The van der Waals surface area contributed by atoms with E-state index in [2.05, 4.69) is 15.9 Å². The van der Waals surface area contributed by atoms with Crippen LogP contribution in [0.15, 0.2) is 34.8 Å². The summed E-state index contributed by atoms with van der Waals surface area (Å²) in [6, 6.07) is 8.61. The average molecular weight is 463 g/mol. The van der Waals surface area contributed by atoms with Gasteiger partial charge in [0, 0.05) is 22.0 Å². The monoisotopic (exact) mass is 462 g/mol. The Labute approximate surface area is 176 Å². The summed E-state index contributed by atoms with van der Waals surface area (Å²) in [6.45, 7) is 2.01. The summed E-state index contributed by atoms with van der Waals surface area (Å²) in [7, 11) is 0. The fourth-order valence-electron chi connectivity index (χ4n) is 3.02. The highest BCUT2D eigenvalue weighted by Crippen LogP contribution is 2.36. The number of esters is 1. The van der Waals surface area contributed by atoms with E-state index in [4.69, 9.17) is 23.7 Å². The van der Waals surface area contributed by atoms with Crippen molar-refractivity contribution in [2.45, 2.75) is 19.4 Å². The van der Waals surface area contributed by atoms with E-state index >= 15 is 0 Å². The van der Waals surface area contributed by atoms with E-state index in [1.54, 1.807) is 30.3 Å². The van der Waals surface area contributed by atoms with Crippen LogP contribution in [0.2, 0.25) is 0 Å².